The molecule has 1 heterocycles. The fourth-order valence-electron chi connectivity index (χ4n) is 1.75. The molecule has 1 aromatic carbocycles. The number of benzene rings is 1. The molecule has 0 saturated carbocycles. The van der Waals surface area contributed by atoms with Gasteiger partial charge in [-0.2, -0.15) is 4.31 Å². The molecule has 0 bridgehead atoms. The van der Waals surface area contributed by atoms with Crippen molar-refractivity contribution in [3.63, 3.8) is 0 Å². The largest absolute Gasteiger partial charge is 0.298 e. The molecule has 1 fully saturated rings. The lowest BCUT2D eigenvalue weighted by atomic mass is 10.1. The SMILES string of the molecule is O=C1CCCN(S(=O)(=O)c2ccccc2)C1. The Hall–Kier alpha value is -1.20. The Bertz CT molecular complexity index is 481. The lowest BCUT2D eigenvalue weighted by molar-refractivity contribution is -0.120. The normalized spacial score (nSPS) is 18.6. The Labute approximate surface area is 94.9 Å². The van der Waals surface area contributed by atoms with E-state index in [4.69, 9.17) is 0 Å². The van der Waals surface area contributed by atoms with E-state index >= 15 is 0 Å². The number of hydrogen-bond acceptors (Lipinski definition) is 3. The number of ketones is 1. The molecule has 86 valence electrons. The Kier molecular flexibility index (Phi) is 3.07. The topological polar surface area (TPSA) is 54.5 Å². The zero-order valence-corrected chi connectivity index (χ0v) is 9.61. The van der Waals surface area contributed by atoms with E-state index in [1.54, 1.807) is 30.3 Å². The summed E-state index contributed by atoms with van der Waals surface area (Å²) in [5.41, 5.74) is 0. The number of hydrogen-bond donors (Lipinski definition) is 0. The molecule has 0 N–H and O–H groups in total. The van der Waals surface area contributed by atoms with Gasteiger partial charge in [0.2, 0.25) is 10.0 Å². The van der Waals surface area contributed by atoms with Crippen LogP contribution < -0.4 is 0 Å². The summed E-state index contributed by atoms with van der Waals surface area (Å²) in [6, 6.07) is 8.22. The van der Waals surface area contributed by atoms with Crippen LogP contribution in [0.5, 0.6) is 0 Å². The van der Waals surface area contributed by atoms with Crippen LogP contribution >= 0.6 is 0 Å². The third kappa shape index (κ3) is 2.15. The van der Waals surface area contributed by atoms with Crippen LogP contribution in [0, 0.1) is 0 Å². The second-order valence-electron chi connectivity index (χ2n) is 3.79. The summed E-state index contributed by atoms with van der Waals surface area (Å²) in [7, 11) is -3.48. The number of carbonyl (C=O) groups excluding carboxylic acids is 1. The van der Waals surface area contributed by atoms with Crippen molar-refractivity contribution in [3.05, 3.63) is 30.3 Å². The molecule has 1 aromatic rings. The molecule has 0 aliphatic carbocycles. The molecular weight excluding hydrogens is 226 g/mol. The fraction of sp³-hybridized carbons (Fsp3) is 0.364. The van der Waals surface area contributed by atoms with Crippen molar-refractivity contribution in [3.8, 4) is 0 Å². The maximum atomic E-state index is 12.1. The van der Waals surface area contributed by atoms with Crippen molar-refractivity contribution in [2.24, 2.45) is 0 Å². The maximum Gasteiger partial charge on any atom is 0.243 e. The minimum atomic E-state index is -3.48. The maximum absolute atomic E-state index is 12.1. The zero-order valence-electron chi connectivity index (χ0n) is 8.80. The van der Waals surface area contributed by atoms with Gasteiger partial charge in [-0.15, -0.1) is 0 Å². The van der Waals surface area contributed by atoms with Gasteiger partial charge in [-0.25, -0.2) is 8.42 Å². The minimum absolute atomic E-state index is 0.00856. The van der Waals surface area contributed by atoms with Gasteiger partial charge in [0.25, 0.3) is 0 Å². The summed E-state index contributed by atoms with van der Waals surface area (Å²) in [5.74, 6) is -0.00856. The molecule has 0 aromatic heterocycles. The average molecular weight is 239 g/mol. The van der Waals surface area contributed by atoms with E-state index in [2.05, 4.69) is 0 Å². The molecule has 5 heteroatoms. The fourth-order valence-corrected chi connectivity index (χ4v) is 3.24. The molecule has 1 saturated heterocycles. The van der Waals surface area contributed by atoms with E-state index < -0.39 is 10.0 Å². The molecule has 16 heavy (non-hydrogen) atoms. The van der Waals surface area contributed by atoms with Crippen LogP contribution in [0.25, 0.3) is 0 Å². The molecule has 0 radical (unpaired) electrons. The van der Waals surface area contributed by atoms with Gasteiger partial charge in [0.05, 0.1) is 11.4 Å². The van der Waals surface area contributed by atoms with E-state index in [9.17, 15) is 13.2 Å². The highest BCUT2D eigenvalue weighted by Crippen LogP contribution is 2.18. The summed E-state index contributed by atoms with van der Waals surface area (Å²) in [5, 5.41) is 0. The Morgan fingerprint density at radius 1 is 1.12 bits per heavy atom. The van der Waals surface area contributed by atoms with Crippen LogP contribution in [0.15, 0.2) is 35.2 Å². The standard InChI is InChI=1S/C11H13NO3S/c13-10-5-4-8-12(9-10)16(14,15)11-6-2-1-3-7-11/h1-3,6-7H,4-5,8-9H2. The predicted molar refractivity (Wildman–Crippen MR) is 59.4 cm³/mol. The third-order valence-corrected chi connectivity index (χ3v) is 4.46. The van der Waals surface area contributed by atoms with E-state index in [1.165, 1.54) is 4.31 Å². The highest BCUT2D eigenvalue weighted by atomic mass is 32.2. The minimum Gasteiger partial charge on any atom is -0.298 e. The average Bonchev–Trinajstić information content (AvgIpc) is 2.30. The first-order valence-electron chi connectivity index (χ1n) is 5.17. The molecule has 0 atom stereocenters. The van der Waals surface area contributed by atoms with Crippen LogP contribution in [0.1, 0.15) is 12.8 Å². The highest BCUT2D eigenvalue weighted by Gasteiger charge is 2.28. The Balaban J connectivity index is 2.29. The summed E-state index contributed by atoms with van der Waals surface area (Å²) >= 11 is 0. The van der Waals surface area contributed by atoms with Crippen molar-refractivity contribution in [1.29, 1.82) is 0 Å². The molecule has 4 nitrogen and oxygen atoms in total. The van der Waals surface area contributed by atoms with Crippen LogP contribution in [-0.2, 0) is 14.8 Å². The van der Waals surface area contributed by atoms with Gasteiger partial charge in [-0.05, 0) is 18.6 Å². The van der Waals surface area contributed by atoms with Crippen molar-refractivity contribution < 1.29 is 13.2 Å². The lowest BCUT2D eigenvalue weighted by Gasteiger charge is -2.24. The summed E-state index contributed by atoms with van der Waals surface area (Å²) in [4.78, 5) is 11.5. The van der Waals surface area contributed by atoms with E-state index in [0.717, 1.165) is 0 Å². The van der Waals surface area contributed by atoms with Crippen molar-refractivity contribution in [2.75, 3.05) is 13.1 Å². The number of Topliss-reactive ketones (excluding diaryl/α,β-unsaturated/α-hetero) is 1. The lowest BCUT2D eigenvalue weighted by Crippen LogP contribution is -2.40. The molecule has 2 rings (SSSR count). The third-order valence-electron chi connectivity index (χ3n) is 2.60. The van der Waals surface area contributed by atoms with Gasteiger partial charge in [-0.1, -0.05) is 18.2 Å². The molecule has 0 spiro atoms. The smallest absolute Gasteiger partial charge is 0.243 e. The van der Waals surface area contributed by atoms with Gasteiger partial charge in [0.1, 0.15) is 5.78 Å². The van der Waals surface area contributed by atoms with Crippen LogP contribution in [0.4, 0.5) is 0 Å². The number of rotatable bonds is 2. The first kappa shape index (κ1) is 11.3. The van der Waals surface area contributed by atoms with Crippen LogP contribution in [0.2, 0.25) is 0 Å². The van der Waals surface area contributed by atoms with E-state index in [0.29, 0.717) is 19.4 Å². The molecular formula is C11H13NO3S. The molecule has 1 aliphatic rings. The quantitative estimate of drug-likeness (QED) is 0.775. The van der Waals surface area contributed by atoms with E-state index in [1.807, 2.05) is 0 Å². The Morgan fingerprint density at radius 3 is 2.44 bits per heavy atom. The van der Waals surface area contributed by atoms with Gasteiger partial charge in [-0.3, -0.25) is 4.79 Å². The van der Waals surface area contributed by atoms with Gasteiger partial charge in [0, 0.05) is 13.0 Å². The number of nitrogens with zero attached hydrogens (tertiary/aromatic N) is 1. The number of sulfonamides is 1. The zero-order chi connectivity index (χ0) is 11.6. The van der Waals surface area contributed by atoms with Gasteiger partial charge >= 0.3 is 0 Å². The van der Waals surface area contributed by atoms with Crippen molar-refractivity contribution >= 4 is 15.8 Å². The van der Waals surface area contributed by atoms with Crippen LogP contribution in [-0.4, -0.2) is 31.6 Å². The Morgan fingerprint density at radius 2 is 1.81 bits per heavy atom. The van der Waals surface area contributed by atoms with E-state index in [-0.39, 0.29) is 17.2 Å². The molecule has 0 unspecified atom stereocenters. The second-order valence-corrected chi connectivity index (χ2v) is 5.73. The second kappa shape index (κ2) is 4.35. The summed E-state index contributed by atoms with van der Waals surface area (Å²) in [6.45, 7) is 0.445. The van der Waals surface area contributed by atoms with Gasteiger partial charge in [0.15, 0.2) is 0 Å². The van der Waals surface area contributed by atoms with Crippen molar-refractivity contribution in [1.82, 2.24) is 4.31 Å². The highest BCUT2D eigenvalue weighted by molar-refractivity contribution is 7.89. The number of carbonyl (C=O) groups is 1. The predicted octanol–water partition coefficient (Wildman–Crippen LogP) is 1.04. The van der Waals surface area contributed by atoms with Gasteiger partial charge < -0.3 is 0 Å². The number of piperidine rings is 1. The molecule has 0 amide bonds. The molecule has 1 aliphatic heterocycles. The summed E-state index contributed by atoms with van der Waals surface area (Å²) < 4.78 is 25.5. The monoisotopic (exact) mass is 239 g/mol. The summed E-state index contributed by atoms with van der Waals surface area (Å²) in [6.07, 6.45) is 1.10. The van der Waals surface area contributed by atoms with Crippen molar-refractivity contribution in [2.45, 2.75) is 17.7 Å². The van der Waals surface area contributed by atoms with Crippen LogP contribution in [0.3, 0.4) is 0 Å². The first-order chi connectivity index (χ1) is 7.60. The first-order valence-corrected chi connectivity index (χ1v) is 6.61.